The molecular weight excluding hydrogens is 462 g/mol. The molecule has 0 atom stereocenters. The predicted molar refractivity (Wildman–Crippen MR) is 129 cm³/mol. The van der Waals surface area contributed by atoms with Crippen molar-refractivity contribution in [2.24, 2.45) is 0 Å². The minimum Gasteiger partial charge on any atom is -0.485 e. The first-order valence-electron chi connectivity index (χ1n) is 11.0. The highest BCUT2D eigenvalue weighted by Crippen LogP contribution is 2.39. The second kappa shape index (κ2) is 10.0. The van der Waals surface area contributed by atoms with E-state index in [-0.39, 0.29) is 18.5 Å². The molecule has 1 aliphatic carbocycles. The maximum absolute atomic E-state index is 12.9. The number of halogens is 1. The molecule has 0 saturated carbocycles. The first kappa shape index (κ1) is 23.4. The van der Waals surface area contributed by atoms with Gasteiger partial charge in [0.05, 0.1) is 11.7 Å². The summed E-state index contributed by atoms with van der Waals surface area (Å²) in [5.41, 5.74) is 2.39. The Kier molecular flexibility index (Phi) is 7.10. The lowest BCUT2D eigenvalue weighted by molar-refractivity contribution is 0.0378. The molecule has 0 aliphatic heterocycles. The van der Waals surface area contributed by atoms with Crippen LogP contribution in [0.2, 0.25) is 5.02 Å². The van der Waals surface area contributed by atoms with E-state index in [1.165, 1.54) is 11.3 Å². The third-order valence-electron chi connectivity index (χ3n) is 5.34. The Hall–Kier alpha value is -2.77. The average molecular weight is 488 g/mol. The molecule has 1 N–H and O–H groups in total. The zero-order valence-corrected chi connectivity index (χ0v) is 20.4. The van der Waals surface area contributed by atoms with Gasteiger partial charge in [-0.1, -0.05) is 11.6 Å². The van der Waals surface area contributed by atoms with Crippen LogP contribution < -0.4 is 10.1 Å². The molecule has 2 heterocycles. The molecule has 8 heteroatoms. The summed E-state index contributed by atoms with van der Waals surface area (Å²) in [7, 11) is 0. The number of fused-ring (bicyclic) bond motifs is 1. The topological polar surface area (TPSA) is 77.8 Å². The normalized spacial score (nSPS) is 13.0. The SMILES string of the molecule is Cc1cc(Cl)ccc1OCc1ccc(C(=O)Nc2sc3c(c2C(=O)OC(C)C)CCCC3)o1. The summed E-state index contributed by atoms with van der Waals surface area (Å²) in [4.78, 5) is 26.8. The van der Waals surface area contributed by atoms with Gasteiger partial charge in [-0.05, 0) is 87.9 Å². The molecule has 1 amide bonds. The molecule has 4 rings (SSSR count). The highest BCUT2D eigenvalue weighted by molar-refractivity contribution is 7.17. The number of hydrogen-bond acceptors (Lipinski definition) is 6. The first-order valence-corrected chi connectivity index (χ1v) is 12.2. The van der Waals surface area contributed by atoms with Crippen LogP contribution in [-0.4, -0.2) is 18.0 Å². The predicted octanol–water partition coefficient (Wildman–Crippen LogP) is 6.58. The summed E-state index contributed by atoms with van der Waals surface area (Å²) in [6.07, 6.45) is 3.58. The maximum atomic E-state index is 12.9. The van der Waals surface area contributed by atoms with Gasteiger partial charge in [-0.25, -0.2) is 4.79 Å². The van der Waals surface area contributed by atoms with Crippen LogP contribution in [0.4, 0.5) is 5.00 Å². The molecular formula is C25H26ClNO5S. The fourth-order valence-electron chi connectivity index (χ4n) is 3.81. The quantitative estimate of drug-likeness (QED) is 0.381. The molecule has 0 saturated heterocycles. The van der Waals surface area contributed by atoms with Crippen LogP contribution in [0.1, 0.15) is 69.4 Å². The molecule has 33 heavy (non-hydrogen) atoms. The number of thiophene rings is 1. The number of anilines is 1. The van der Waals surface area contributed by atoms with Gasteiger partial charge in [0.15, 0.2) is 5.76 Å². The van der Waals surface area contributed by atoms with Crippen LogP contribution >= 0.6 is 22.9 Å². The summed E-state index contributed by atoms with van der Waals surface area (Å²) in [6.45, 7) is 5.71. The molecule has 1 aromatic carbocycles. The largest absolute Gasteiger partial charge is 0.485 e. The second-order valence-electron chi connectivity index (χ2n) is 8.29. The Morgan fingerprint density at radius 2 is 1.97 bits per heavy atom. The van der Waals surface area contributed by atoms with E-state index >= 15 is 0 Å². The molecule has 2 aromatic heterocycles. The van der Waals surface area contributed by atoms with Gasteiger partial charge in [0.2, 0.25) is 0 Å². The third kappa shape index (κ3) is 5.42. The molecule has 0 unspecified atom stereocenters. The smallest absolute Gasteiger partial charge is 0.341 e. The second-order valence-corrected chi connectivity index (χ2v) is 9.83. The minimum absolute atomic E-state index is 0.149. The molecule has 0 spiro atoms. The molecule has 174 valence electrons. The summed E-state index contributed by atoms with van der Waals surface area (Å²) in [5.74, 6) is 0.544. The van der Waals surface area contributed by atoms with Gasteiger partial charge in [0, 0.05) is 9.90 Å². The number of rotatable bonds is 7. The van der Waals surface area contributed by atoms with Crippen molar-refractivity contribution in [1.29, 1.82) is 0 Å². The number of carbonyl (C=O) groups excluding carboxylic acids is 2. The van der Waals surface area contributed by atoms with E-state index in [1.54, 1.807) is 24.3 Å². The maximum Gasteiger partial charge on any atom is 0.341 e. The third-order valence-corrected chi connectivity index (χ3v) is 6.78. The lowest BCUT2D eigenvalue weighted by Crippen LogP contribution is -2.17. The number of amides is 1. The summed E-state index contributed by atoms with van der Waals surface area (Å²) < 4.78 is 16.9. The highest BCUT2D eigenvalue weighted by atomic mass is 35.5. The van der Waals surface area contributed by atoms with Crippen molar-refractivity contribution in [2.45, 2.75) is 59.2 Å². The van der Waals surface area contributed by atoms with E-state index in [2.05, 4.69) is 5.32 Å². The lowest BCUT2D eigenvalue weighted by Gasteiger charge is -2.14. The molecule has 1 aliphatic rings. The van der Waals surface area contributed by atoms with E-state index < -0.39 is 11.9 Å². The molecule has 0 bridgehead atoms. The fourth-order valence-corrected chi connectivity index (χ4v) is 5.31. The minimum atomic E-state index is -0.416. The number of ether oxygens (including phenoxy) is 2. The van der Waals surface area contributed by atoms with Crippen LogP contribution in [-0.2, 0) is 24.2 Å². The van der Waals surface area contributed by atoms with Crippen LogP contribution in [0, 0.1) is 6.92 Å². The van der Waals surface area contributed by atoms with Crippen molar-refractivity contribution in [3.63, 3.8) is 0 Å². The fraction of sp³-hybridized carbons (Fsp3) is 0.360. The van der Waals surface area contributed by atoms with Crippen LogP contribution in [0.15, 0.2) is 34.7 Å². The van der Waals surface area contributed by atoms with Crippen LogP contribution in [0.25, 0.3) is 0 Å². The van der Waals surface area contributed by atoms with Crippen molar-refractivity contribution in [1.82, 2.24) is 0 Å². The van der Waals surface area contributed by atoms with Gasteiger partial charge < -0.3 is 19.2 Å². The van der Waals surface area contributed by atoms with Gasteiger partial charge in [-0.3, -0.25) is 4.79 Å². The highest BCUT2D eigenvalue weighted by Gasteiger charge is 2.28. The van der Waals surface area contributed by atoms with Crippen LogP contribution in [0.3, 0.4) is 0 Å². The Morgan fingerprint density at radius 3 is 2.73 bits per heavy atom. The van der Waals surface area contributed by atoms with E-state index in [0.29, 0.717) is 27.1 Å². The monoisotopic (exact) mass is 487 g/mol. The molecule has 0 radical (unpaired) electrons. The number of furan rings is 1. The van der Waals surface area contributed by atoms with Crippen molar-refractivity contribution >= 4 is 39.8 Å². The number of benzene rings is 1. The van der Waals surface area contributed by atoms with Crippen molar-refractivity contribution in [3.8, 4) is 5.75 Å². The van der Waals surface area contributed by atoms with E-state index in [4.69, 9.17) is 25.5 Å². The van der Waals surface area contributed by atoms with Crippen LogP contribution in [0.5, 0.6) is 5.75 Å². The summed E-state index contributed by atoms with van der Waals surface area (Å²) >= 11 is 7.43. The van der Waals surface area contributed by atoms with E-state index in [0.717, 1.165) is 41.7 Å². The zero-order valence-electron chi connectivity index (χ0n) is 18.8. The standard InChI is InChI=1S/C25H26ClNO5S/c1-14(2)31-25(29)22-18-6-4-5-7-21(18)33-24(22)27-23(28)20-11-9-17(32-20)13-30-19-10-8-16(26)12-15(19)3/h8-12,14H,4-7,13H2,1-3H3,(H,27,28). The van der Waals surface area contributed by atoms with Crippen molar-refractivity contribution in [2.75, 3.05) is 5.32 Å². The number of hydrogen-bond donors (Lipinski definition) is 1. The van der Waals surface area contributed by atoms with Gasteiger partial charge in [0.25, 0.3) is 5.91 Å². The summed E-state index contributed by atoms with van der Waals surface area (Å²) in [6, 6.07) is 8.67. The zero-order chi connectivity index (χ0) is 23.5. The number of nitrogens with one attached hydrogen (secondary N) is 1. The Bertz CT molecular complexity index is 1180. The van der Waals surface area contributed by atoms with Gasteiger partial charge >= 0.3 is 5.97 Å². The van der Waals surface area contributed by atoms with Gasteiger partial charge in [-0.15, -0.1) is 11.3 Å². The Morgan fingerprint density at radius 1 is 1.18 bits per heavy atom. The summed E-state index contributed by atoms with van der Waals surface area (Å²) in [5, 5.41) is 4.03. The Balaban J connectivity index is 1.48. The first-order chi connectivity index (χ1) is 15.8. The number of esters is 1. The molecule has 6 nitrogen and oxygen atoms in total. The van der Waals surface area contributed by atoms with Gasteiger partial charge in [-0.2, -0.15) is 0 Å². The molecule has 3 aromatic rings. The number of carbonyl (C=O) groups is 2. The average Bonchev–Trinajstić information content (AvgIpc) is 3.37. The van der Waals surface area contributed by atoms with Crippen molar-refractivity contribution < 1.29 is 23.5 Å². The number of aryl methyl sites for hydroxylation is 2. The molecule has 0 fully saturated rings. The van der Waals surface area contributed by atoms with E-state index in [9.17, 15) is 9.59 Å². The Labute approximate surface area is 201 Å². The van der Waals surface area contributed by atoms with Crippen molar-refractivity contribution in [3.05, 3.63) is 68.4 Å². The van der Waals surface area contributed by atoms with E-state index in [1.807, 2.05) is 26.8 Å². The lowest BCUT2D eigenvalue weighted by atomic mass is 9.95. The van der Waals surface area contributed by atoms with Gasteiger partial charge in [0.1, 0.15) is 23.1 Å².